The molecule has 1 saturated heterocycles. The number of rotatable bonds is 2. The lowest BCUT2D eigenvalue weighted by atomic mass is 10.1. The fourth-order valence-electron chi connectivity index (χ4n) is 1.46. The molecule has 1 aliphatic heterocycles. The van der Waals surface area contributed by atoms with Crippen LogP contribution in [0.1, 0.15) is 22.3 Å². The van der Waals surface area contributed by atoms with Crippen LogP contribution in [0.2, 0.25) is 0 Å². The number of nitrogens with zero attached hydrogens (tertiary/aromatic N) is 1. The summed E-state index contributed by atoms with van der Waals surface area (Å²) in [6.45, 7) is 0.282. The molecule has 1 aromatic carbocycles. The zero-order chi connectivity index (χ0) is 12.3. The Balaban J connectivity index is 2.04. The molecule has 0 aliphatic carbocycles. The molecule has 1 fully saturated rings. The molecule has 1 aliphatic rings. The van der Waals surface area contributed by atoms with E-state index in [1.54, 1.807) is 0 Å². The molecule has 5 heteroatoms. The summed E-state index contributed by atoms with van der Waals surface area (Å²) in [7, 11) is 0. The van der Waals surface area contributed by atoms with Crippen molar-refractivity contribution in [1.29, 1.82) is 5.26 Å². The highest BCUT2D eigenvalue weighted by Gasteiger charge is 2.30. The molecule has 2 rings (SSSR count). The molecule has 1 atom stereocenters. The first-order chi connectivity index (χ1) is 8.20. The average molecular weight is 231 g/mol. The van der Waals surface area contributed by atoms with Gasteiger partial charge in [-0.3, -0.25) is 0 Å². The number of carbonyl (C=O) groups excluding carboxylic acids is 2. The second-order valence-corrected chi connectivity index (χ2v) is 3.54. The van der Waals surface area contributed by atoms with E-state index >= 15 is 0 Å². The first-order valence-corrected chi connectivity index (χ1v) is 5.08. The molecule has 0 spiro atoms. The van der Waals surface area contributed by atoms with Gasteiger partial charge in [0.15, 0.2) is 0 Å². The summed E-state index contributed by atoms with van der Waals surface area (Å²) >= 11 is 0. The van der Waals surface area contributed by atoms with Crippen molar-refractivity contribution in [2.45, 2.75) is 12.5 Å². The van der Waals surface area contributed by atoms with Crippen LogP contribution in [0.3, 0.4) is 0 Å². The van der Waals surface area contributed by atoms with E-state index in [4.69, 9.17) is 10.00 Å². The molecular formula is C12H9NO4. The SMILES string of the molecule is N#Cc1ccc(C(=O)O[C@@H]2CCOC2=O)cc1. The number of esters is 2. The standard InChI is InChI=1S/C12H9NO4/c13-7-8-1-3-9(4-2-8)11(14)17-10-5-6-16-12(10)15/h1-4,10H,5-6H2/t10-/m1/s1. The maximum Gasteiger partial charge on any atom is 0.347 e. The predicted molar refractivity (Wildman–Crippen MR) is 55.9 cm³/mol. The zero-order valence-electron chi connectivity index (χ0n) is 8.88. The summed E-state index contributed by atoms with van der Waals surface area (Å²) in [6.07, 6.45) is -0.418. The molecule has 0 N–H and O–H groups in total. The number of nitriles is 1. The van der Waals surface area contributed by atoms with Crippen LogP contribution in [-0.4, -0.2) is 24.6 Å². The van der Waals surface area contributed by atoms with Crippen molar-refractivity contribution in [3.8, 4) is 6.07 Å². The third-order valence-electron chi connectivity index (χ3n) is 2.39. The Morgan fingerprint density at radius 2 is 2.12 bits per heavy atom. The summed E-state index contributed by atoms with van der Waals surface area (Å²) in [6, 6.07) is 7.96. The van der Waals surface area contributed by atoms with Gasteiger partial charge in [0.1, 0.15) is 0 Å². The Morgan fingerprint density at radius 3 is 2.65 bits per heavy atom. The number of hydrogen-bond acceptors (Lipinski definition) is 5. The molecule has 0 saturated carbocycles. The van der Waals surface area contributed by atoms with E-state index < -0.39 is 18.0 Å². The third kappa shape index (κ3) is 2.42. The molecule has 0 unspecified atom stereocenters. The molecular weight excluding hydrogens is 222 g/mol. The molecule has 0 aromatic heterocycles. The highest BCUT2D eigenvalue weighted by Crippen LogP contribution is 2.13. The smallest absolute Gasteiger partial charge is 0.347 e. The van der Waals surface area contributed by atoms with Gasteiger partial charge in [-0.1, -0.05) is 0 Å². The Kier molecular flexibility index (Phi) is 3.06. The molecule has 0 radical (unpaired) electrons. The van der Waals surface area contributed by atoms with Crippen molar-refractivity contribution in [1.82, 2.24) is 0 Å². The van der Waals surface area contributed by atoms with Gasteiger partial charge >= 0.3 is 11.9 Å². The summed E-state index contributed by atoms with van der Waals surface area (Å²) < 4.78 is 9.67. The fourth-order valence-corrected chi connectivity index (χ4v) is 1.46. The van der Waals surface area contributed by atoms with Gasteiger partial charge in [0, 0.05) is 6.42 Å². The number of ether oxygens (including phenoxy) is 2. The van der Waals surface area contributed by atoms with E-state index in [0.29, 0.717) is 17.5 Å². The van der Waals surface area contributed by atoms with E-state index in [9.17, 15) is 9.59 Å². The first kappa shape index (κ1) is 11.1. The van der Waals surface area contributed by atoms with Gasteiger partial charge in [-0.15, -0.1) is 0 Å². The lowest BCUT2D eigenvalue weighted by Gasteiger charge is -2.07. The number of benzene rings is 1. The minimum Gasteiger partial charge on any atom is -0.463 e. The summed E-state index contributed by atoms with van der Waals surface area (Å²) in [5, 5.41) is 8.60. The van der Waals surface area contributed by atoms with E-state index in [-0.39, 0.29) is 6.61 Å². The summed E-state index contributed by atoms with van der Waals surface area (Å²) in [4.78, 5) is 22.7. The van der Waals surface area contributed by atoms with Gasteiger partial charge in [-0.2, -0.15) is 5.26 Å². The van der Waals surface area contributed by atoms with E-state index in [0.717, 1.165) is 0 Å². The van der Waals surface area contributed by atoms with Crippen LogP contribution in [-0.2, 0) is 14.3 Å². The van der Waals surface area contributed by atoms with E-state index in [1.165, 1.54) is 24.3 Å². The van der Waals surface area contributed by atoms with Crippen LogP contribution in [0.5, 0.6) is 0 Å². The Bertz CT molecular complexity index is 486. The van der Waals surface area contributed by atoms with Crippen LogP contribution >= 0.6 is 0 Å². The first-order valence-electron chi connectivity index (χ1n) is 5.08. The molecule has 86 valence electrons. The van der Waals surface area contributed by atoms with Gasteiger partial charge in [0.05, 0.1) is 23.8 Å². The Morgan fingerprint density at radius 1 is 1.41 bits per heavy atom. The van der Waals surface area contributed by atoms with Gasteiger partial charge in [0.2, 0.25) is 6.10 Å². The highest BCUT2D eigenvalue weighted by atomic mass is 16.6. The lowest BCUT2D eigenvalue weighted by molar-refractivity contribution is -0.145. The molecule has 0 bridgehead atoms. The van der Waals surface area contributed by atoms with Gasteiger partial charge < -0.3 is 9.47 Å². The van der Waals surface area contributed by atoms with Crippen molar-refractivity contribution in [2.75, 3.05) is 6.61 Å². The lowest BCUT2D eigenvalue weighted by Crippen LogP contribution is -2.22. The summed E-state index contributed by atoms with van der Waals surface area (Å²) in [5.41, 5.74) is 0.769. The zero-order valence-corrected chi connectivity index (χ0v) is 8.88. The number of hydrogen-bond donors (Lipinski definition) is 0. The minimum absolute atomic E-state index is 0.282. The monoisotopic (exact) mass is 231 g/mol. The third-order valence-corrected chi connectivity index (χ3v) is 2.39. The van der Waals surface area contributed by atoms with Crippen molar-refractivity contribution in [2.24, 2.45) is 0 Å². The second kappa shape index (κ2) is 4.66. The van der Waals surface area contributed by atoms with E-state index in [2.05, 4.69) is 4.74 Å². The molecule has 0 amide bonds. The quantitative estimate of drug-likeness (QED) is 0.710. The van der Waals surface area contributed by atoms with Crippen molar-refractivity contribution < 1.29 is 19.1 Å². The molecule has 5 nitrogen and oxygen atoms in total. The van der Waals surface area contributed by atoms with Crippen LogP contribution in [0, 0.1) is 11.3 Å². The number of carbonyl (C=O) groups is 2. The second-order valence-electron chi connectivity index (χ2n) is 3.54. The predicted octanol–water partition coefficient (Wildman–Crippen LogP) is 1.03. The van der Waals surface area contributed by atoms with Crippen LogP contribution in [0.4, 0.5) is 0 Å². The maximum atomic E-state index is 11.6. The largest absolute Gasteiger partial charge is 0.463 e. The van der Waals surface area contributed by atoms with Crippen LogP contribution in [0.15, 0.2) is 24.3 Å². The Labute approximate surface area is 97.6 Å². The van der Waals surface area contributed by atoms with Gasteiger partial charge in [-0.25, -0.2) is 9.59 Å². The van der Waals surface area contributed by atoms with Crippen molar-refractivity contribution >= 4 is 11.9 Å². The van der Waals surface area contributed by atoms with Crippen LogP contribution < -0.4 is 0 Å². The van der Waals surface area contributed by atoms with Gasteiger partial charge in [0.25, 0.3) is 0 Å². The van der Waals surface area contributed by atoms with Gasteiger partial charge in [-0.05, 0) is 24.3 Å². The van der Waals surface area contributed by atoms with Crippen molar-refractivity contribution in [3.05, 3.63) is 35.4 Å². The molecule has 1 aromatic rings. The maximum absolute atomic E-state index is 11.6. The Hall–Kier alpha value is -2.35. The topological polar surface area (TPSA) is 76.4 Å². The van der Waals surface area contributed by atoms with E-state index in [1.807, 2.05) is 6.07 Å². The normalized spacial score (nSPS) is 18.3. The average Bonchev–Trinajstić information content (AvgIpc) is 2.75. The van der Waals surface area contributed by atoms with Crippen LogP contribution in [0.25, 0.3) is 0 Å². The fraction of sp³-hybridized carbons (Fsp3) is 0.250. The summed E-state index contributed by atoms with van der Waals surface area (Å²) in [5.74, 6) is -1.09. The molecule has 17 heavy (non-hydrogen) atoms. The van der Waals surface area contributed by atoms with Crippen molar-refractivity contribution in [3.63, 3.8) is 0 Å². The molecule has 1 heterocycles. The minimum atomic E-state index is -0.807. The highest BCUT2D eigenvalue weighted by molar-refractivity contribution is 5.91. The number of cyclic esters (lactones) is 1.